The van der Waals surface area contributed by atoms with Crippen LogP contribution in [0.5, 0.6) is 0 Å². The summed E-state index contributed by atoms with van der Waals surface area (Å²) < 4.78 is 10.1. The van der Waals surface area contributed by atoms with Crippen LogP contribution >= 0.6 is 0 Å². The van der Waals surface area contributed by atoms with Gasteiger partial charge >= 0.3 is 6.09 Å². The van der Waals surface area contributed by atoms with Gasteiger partial charge in [0.05, 0.1) is 7.11 Å². The number of aromatic nitrogens is 1. The van der Waals surface area contributed by atoms with Crippen LogP contribution in [0.1, 0.15) is 21.6 Å². The second kappa shape index (κ2) is 7.56. The number of hydrogen-bond acceptors (Lipinski definition) is 5. The zero-order valence-electron chi connectivity index (χ0n) is 15.3. The fourth-order valence-corrected chi connectivity index (χ4v) is 3.24. The summed E-state index contributed by atoms with van der Waals surface area (Å²) in [6.45, 7) is 1.07. The Balaban J connectivity index is 1.48. The summed E-state index contributed by atoms with van der Waals surface area (Å²) in [7, 11) is 1.37. The molecule has 4 rings (SSSR count). The smallest absolute Gasteiger partial charge is 0.409 e. The fourth-order valence-electron chi connectivity index (χ4n) is 3.24. The van der Waals surface area contributed by atoms with E-state index in [-0.39, 0.29) is 17.7 Å². The summed E-state index contributed by atoms with van der Waals surface area (Å²) in [6.07, 6.45) is 0.402. The maximum absolute atomic E-state index is 12.5. The summed E-state index contributed by atoms with van der Waals surface area (Å²) in [6, 6.07) is 16.8. The van der Waals surface area contributed by atoms with Crippen molar-refractivity contribution in [3.63, 3.8) is 0 Å². The average Bonchev–Trinajstić information content (AvgIpc) is 3.24. The van der Waals surface area contributed by atoms with Gasteiger partial charge in [-0.25, -0.2) is 4.79 Å². The molecule has 0 aliphatic carbocycles. The van der Waals surface area contributed by atoms with Gasteiger partial charge in [-0.15, -0.1) is 0 Å². The molecule has 7 nitrogen and oxygen atoms in total. The van der Waals surface area contributed by atoms with Crippen molar-refractivity contribution in [3.8, 4) is 11.3 Å². The molecule has 0 saturated carbocycles. The van der Waals surface area contributed by atoms with Gasteiger partial charge in [0, 0.05) is 30.4 Å². The number of ether oxygens (including phenoxy) is 1. The number of fused-ring (bicyclic) bond motifs is 1. The van der Waals surface area contributed by atoms with Gasteiger partial charge < -0.3 is 19.5 Å². The lowest BCUT2D eigenvalue weighted by atomic mass is 9.99. The average molecular weight is 377 g/mol. The number of hydrogen-bond donors (Lipinski definition) is 1. The summed E-state index contributed by atoms with van der Waals surface area (Å²) >= 11 is 0. The molecule has 1 aliphatic heterocycles. The van der Waals surface area contributed by atoms with Crippen molar-refractivity contribution in [2.75, 3.05) is 19.0 Å². The first-order valence-corrected chi connectivity index (χ1v) is 8.92. The predicted molar refractivity (Wildman–Crippen MR) is 103 cm³/mol. The predicted octanol–water partition coefficient (Wildman–Crippen LogP) is 3.72. The molecule has 1 N–H and O–H groups in total. The molecule has 2 aromatic carbocycles. The standard InChI is InChI=1S/C21H19N3O4/c1-27-21(26)24-10-9-14-7-8-17(11-16(14)13-24)22-20(25)18-12-19(28-23-18)15-5-3-2-4-6-15/h2-8,11-12H,9-10,13H2,1H3,(H,22,25). The third kappa shape index (κ3) is 3.59. The van der Waals surface area contributed by atoms with Crippen LogP contribution in [0.2, 0.25) is 0 Å². The van der Waals surface area contributed by atoms with E-state index in [4.69, 9.17) is 9.26 Å². The van der Waals surface area contributed by atoms with Crippen LogP contribution in [0.4, 0.5) is 10.5 Å². The maximum atomic E-state index is 12.5. The minimum atomic E-state index is -0.355. The molecule has 142 valence electrons. The van der Waals surface area contributed by atoms with Crippen molar-refractivity contribution >= 4 is 17.7 Å². The third-order valence-corrected chi connectivity index (χ3v) is 4.71. The molecule has 1 aliphatic rings. The first-order valence-electron chi connectivity index (χ1n) is 8.92. The number of benzene rings is 2. The first-order chi connectivity index (χ1) is 13.6. The van der Waals surface area contributed by atoms with E-state index in [0.717, 1.165) is 23.1 Å². The number of methoxy groups -OCH3 is 1. The van der Waals surface area contributed by atoms with E-state index in [9.17, 15) is 9.59 Å². The highest BCUT2D eigenvalue weighted by atomic mass is 16.5. The molecule has 3 aromatic rings. The minimum Gasteiger partial charge on any atom is -0.453 e. The quantitative estimate of drug-likeness (QED) is 0.752. The SMILES string of the molecule is COC(=O)N1CCc2ccc(NC(=O)c3cc(-c4ccccc4)on3)cc2C1. The topological polar surface area (TPSA) is 84.7 Å². The summed E-state index contributed by atoms with van der Waals surface area (Å²) in [5.74, 6) is 0.177. The Kier molecular flexibility index (Phi) is 4.80. The Morgan fingerprint density at radius 1 is 1.11 bits per heavy atom. The van der Waals surface area contributed by atoms with Gasteiger partial charge in [0.2, 0.25) is 0 Å². The summed E-state index contributed by atoms with van der Waals surface area (Å²) in [5.41, 5.74) is 3.84. The molecular weight excluding hydrogens is 358 g/mol. The van der Waals surface area contributed by atoms with Gasteiger partial charge in [-0.3, -0.25) is 4.79 Å². The van der Waals surface area contributed by atoms with Gasteiger partial charge in [-0.2, -0.15) is 0 Å². The van der Waals surface area contributed by atoms with Crippen LogP contribution in [-0.4, -0.2) is 35.7 Å². The normalized spacial score (nSPS) is 13.0. The van der Waals surface area contributed by atoms with E-state index in [1.807, 2.05) is 48.5 Å². The molecule has 0 saturated heterocycles. The molecule has 1 aromatic heterocycles. The third-order valence-electron chi connectivity index (χ3n) is 4.71. The van der Waals surface area contributed by atoms with E-state index in [1.165, 1.54) is 7.11 Å². The van der Waals surface area contributed by atoms with Crippen molar-refractivity contribution < 1.29 is 18.8 Å². The van der Waals surface area contributed by atoms with E-state index in [2.05, 4.69) is 10.5 Å². The number of carbonyl (C=O) groups is 2. The molecule has 0 atom stereocenters. The maximum Gasteiger partial charge on any atom is 0.409 e. The number of nitrogens with zero attached hydrogens (tertiary/aromatic N) is 2. The number of nitrogens with one attached hydrogen (secondary N) is 1. The van der Waals surface area contributed by atoms with Crippen LogP contribution in [0.15, 0.2) is 59.1 Å². The zero-order valence-corrected chi connectivity index (χ0v) is 15.3. The lowest BCUT2D eigenvalue weighted by Gasteiger charge is -2.28. The lowest BCUT2D eigenvalue weighted by molar-refractivity contribution is 0.101. The zero-order chi connectivity index (χ0) is 19.5. The van der Waals surface area contributed by atoms with E-state index < -0.39 is 0 Å². The number of carbonyl (C=O) groups excluding carboxylic acids is 2. The van der Waals surface area contributed by atoms with Crippen LogP contribution < -0.4 is 5.32 Å². The van der Waals surface area contributed by atoms with Gasteiger partial charge in [0.25, 0.3) is 5.91 Å². The summed E-state index contributed by atoms with van der Waals surface area (Å²) in [4.78, 5) is 25.9. The Hall–Kier alpha value is -3.61. The number of amides is 2. The monoisotopic (exact) mass is 377 g/mol. The van der Waals surface area contributed by atoms with Crippen LogP contribution in [-0.2, 0) is 17.7 Å². The van der Waals surface area contributed by atoms with Gasteiger partial charge in [-0.05, 0) is 29.7 Å². The molecule has 2 amide bonds. The molecule has 2 heterocycles. The first kappa shape index (κ1) is 17.8. The Morgan fingerprint density at radius 2 is 1.93 bits per heavy atom. The second-order valence-corrected chi connectivity index (χ2v) is 6.52. The molecule has 0 bridgehead atoms. The van der Waals surface area contributed by atoms with Crippen molar-refractivity contribution in [3.05, 3.63) is 71.4 Å². The molecule has 0 radical (unpaired) electrons. The Labute approximate surface area is 161 Å². The molecule has 0 spiro atoms. The van der Waals surface area contributed by atoms with Crippen molar-refractivity contribution in [1.29, 1.82) is 0 Å². The number of anilines is 1. The molecular formula is C21H19N3O4. The van der Waals surface area contributed by atoms with Gasteiger partial charge in [0.15, 0.2) is 11.5 Å². The van der Waals surface area contributed by atoms with E-state index in [0.29, 0.717) is 24.5 Å². The summed E-state index contributed by atoms with van der Waals surface area (Å²) in [5, 5.41) is 6.70. The van der Waals surface area contributed by atoms with Crippen molar-refractivity contribution in [1.82, 2.24) is 10.1 Å². The van der Waals surface area contributed by atoms with E-state index in [1.54, 1.807) is 11.0 Å². The highest BCUT2D eigenvalue weighted by Crippen LogP contribution is 2.24. The molecule has 28 heavy (non-hydrogen) atoms. The Bertz CT molecular complexity index is 1010. The largest absolute Gasteiger partial charge is 0.453 e. The number of rotatable bonds is 3. The van der Waals surface area contributed by atoms with E-state index >= 15 is 0 Å². The van der Waals surface area contributed by atoms with Gasteiger partial charge in [-0.1, -0.05) is 41.6 Å². The Morgan fingerprint density at radius 3 is 2.71 bits per heavy atom. The van der Waals surface area contributed by atoms with Crippen LogP contribution in [0.3, 0.4) is 0 Å². The highest BCUT2D eigenvalue weighted by Gasteiger charge is 2.22. The molecule has 0 fully saturated rings. The molecule has 7 heteroatoms. The second-order valence-electron chi connectivity index (χ2n) is 6.52. The minimum absolute atomic E-state index is 0.202. The highest BCUT2D eigenvalue weighted by molar-refractivity contribution is 6.03. The fraction of sp³-hybridized carbons (Fsp3) is 0.190. The molecule has 0 unspecified atom stereocenters. The van der Waals surface area contributed by atoms with Gasteiger partial charge in [0.1, 0.15) is 0 Å². The van der Waals surface area contributed by atoms with Crippen LogP contribution in [0.25, 0.3) is 11.3 Å². The van der Waals surface area contributed by atoms with Crippen molar-refractivity contribution in [2.24, 2.45) is 0 Å². The van der Waals surface area contributed by atoms with Crippen LogP contribution in [0, 0.1) is 0 Å². The lowest BCUT2D eigenvalue weighted by Crippen LogP contribution is -2.35. The van der Waals surface area contributed by atoms with Crippen molar-refractivity contribution in [2.45, 2.75) is 13.0 Å².